The van der Waals surface area contributed by atoms with Gasteiger partial charge < -0.3 is 10.2 Å². The summed E-state index contributed by atoms with van der Waals surface area (Å²) >= 11 is 0. The van der Waals surface area contributed by atoms with E-state index >= 15 is 0 Å². The summed E-state index contributed by atoms with van der Waals surface area (Å²) in [4.78, 5) is 12.3. The number of allylic oxidation sites excluding steroid dienone is 1. The van der Waals surface area contributed by atoms with E-state index in [4.69, 9.17) is 0 Å². The van der Waals surface area contributed by atoms with Crippen molar-refractivity contribution < 1.29 is 15.0 Å². The Kier molecular flexibility index (Phi) is 6.18. The van der Waals surface area contributed by atoms with Gasteiger partial charge in [-0.1, -0.05) is 40.2 Å². The first-order chi connectivity index (χ1) is 15.0. The van der Waals surface area contributed by atoms with Crippen LogP contribution in [0, 0.1) is 51.2 Å². The molecule has 0 spiro atoms. The Hall–Kier alpha value is -0.830. The van der Waals surface area contributed by atoms with Crippen LogP contribution in [-0.4, -0.2) is 22.3 Å². The van der Waals surface area contributed by atoms with Crippen molar-refractivity contribution in [3.63, 3.8) is 0 Å². The fraction of sp³-hybridized carbons (Fsp3) is 0.897. The van der Waals surface area contributed by atoms with E-state index in [0.29, 0.717) is 34.5 Å². The van der Waals surface area contributed by atoms with Gasteiger partial charge in [0.05, 0.1) is 11.5 Å². The lowest BCUT2D eigenvalue weighted by molar-refractivity contribution is -0.216. The van der Waals surface area contributed by atoms with Crippen LogP contribution in [0.4, 0.5) is 0 Å². The minimum absolute atomic E-state index is 0.0155. The van der Waals surface area contributed by atoms with Gasteiger partial charge in [0.15, 0.2) is 0 Å². The second kappa shape index (κ2) is 8.14. The normalized spacial score (nSPS) is 51.1. The summed E-state index contributed by atoms with van der Waals surface area (Å²) in [5.41, 5.74) is 0.307. The molecule has 5 fully saturated rings. The quantitative estimate of drug-likeness (QED) is 0.424. The fourth-order valence-corrected chi connectivity index (χ4v) is 10.6. The molecule has 0 radical (unpaired) electrons. The third-order valence-corrected chi connectivity index (χ3v) is 11.9. The van der Waals surface area contributed by atoms with E-state index in [1.807, 2.05) is 6.92 Å². The van der Waals surface area contributed by atoms with Gasteiger partial charge in [-0.3, -0.25) is 4.79 Å². The van der Waals surface area contributed by atoms with Gasteiger partial charge in [0.25, 0.3) is 0 Å². The van der Waals surface area contributed by atoms with E-state index in [-0.39, 0.29) is 11.5 Å². The number of aliphatic hydroxyl groups excluding tert-OH is 1. The number of fused-ring (bicyclic) bond motifs is 7. The Labute approximate surface area is 196 Å². The summed E-state index contributed by atoms with van der Waals surface area (Å²) in [7, 11) is 0. The van der Waals surface area contributed by atoms with E-state index in [0.717, 1.165) is 44.4 Å². The molecule has 0 aromatic heterocycles. The molecule has 5 aliphatic rings. The molecule has 0 aromatic carbocycles. The van der Waals surface area contributed by atoms with Crippen LogP contribution in [-0.2, 0) is 4.79 Å². The summed E-state index contributed by atoms with van der Waals surface area (Å²) in [6, 6.07) is 0. The number of carboxylic acids is 1. The van der Waals surface area contributed by atoms with Crippen molar-refractivity contribution in [2.24, 2.45) is 51.2 Å². The van der Waals surface area contributed by atoms with Crippen LogP contribution in [0.15, 0.2) is 12.7 Å². The minimum atomic E-state index is -0.496. The Balaban J connectivity index is 0.000000775. The van der Waals surface area contributed by atoms with Crippen molar-refractivity contribution in [3.8, 4) is 0 Å². The third kappa shape index (κ3) is 3.19. The topological polar surface area (TPSA) is 57.5 Å². The van der Waals surface area contributed by atoms with Crippen molar-refractivity contribution in [3.05, 3.63) is 12.7 Å². The Morgan fingerprint density at radius 3 is 2.16 bits per heavy atom. The van der Waals surface area contributed by atoms with Crippen LogP contribution >= 0.6 is 0 Å². The molecule has 0 bridgehead atoms. The molecule has 3 nitrogen and oxygen atoms in total. The molecule has 0 aromatic rings. The highest BCUT2D eigenvalue weighted by Crippen LogP contribution is 2.72. The molecule has 2 N–H and O–H groups in total. The number of rotatable bonds is 1. The Morgan fingerprint density at radius 2 is 1.50 bits per heavy atom. The molecular weight excluding hydrogens is 396 g/mol. The number of aliphatic carboxylic acids is 1. The lowest BCUT2D eigenvalue weighted by Crippen LogP contribution is -2.63. The molecular formula is C29H48O3. The highest BCUT2D eigenvalue weighted by atomic mass is 16.4. The maximum atomic E-state index is 12.3. The maximum absolute atomic E-state index is 12.3. The monoisotopic (exact) mass is 444 g/mol. The molecule has 9 unspecified atom stereocenters. The van der Waals surface area contributed by atoms with E-state index in [9.17, 15) is 15.0 Å². The van der Waals surface area contributed by atoms with Crippen molar-refractivity contribution in [1.82, 2.24) is 0 Å². The minimum Gasteiger partial charge on any atom is -0.481 e. The van der Waals surface area contributed by atoms with E-state index in [2.05, 4.69) is 34.3 Å². The molecule has 0 amide bonds. The largest absolute Gasteiger partial charge is 0.481 e. The van der Waals surface area contributed by atoms with Crippen molar-refractivity contribution in [2.45, 2.75) is 111 Å². The summed E-state index contributed by atoms with van der Waals surface area (Å²) in [6.45, 7) is 15.0. The van der Waals surface area contributed by atoms with Crippen molar-refractivity contribution >= 4 is 5.97 Å². The highest BCUT2D eigenvalue weighted by molar-refractivity contribution is 5.75. The number of hydrogen-bond acceptors (Lipinski definition) is 2. The first-order valence-electron chi connectivity index (χ1n) is 13.5. The van der Waals surface area contributed by atoms with Crippen LogP contribution in [0.2, 0.25) is 0 Å². The van der Waals surface area contributed by atoms with E-state index < -0.39 is 11.4 Å². The van der Waals surface area contributed by atoms with Gasteiger partial charge >= 0.3 is 5.97 Å². The summed E-state index contributed by atoms with van der Waals surface area (Å²) < 4.78 is 0. The summed E-state index contributed by atoms with van der Waals surface area (Å²) in [5, 5.41) is 20.9. The zero-order valence-corrected chi connectivity index (χ0v) is 21.3. The second-order valence-corrected chi connectivity index (χ2v) is 13.3. The third-order valence-electron chi connectivity index (χ3n) is 11.9. The zero-order valence-electron chi connectivity index (χ0n) is 21.3. The maximum Gasteiger partial charge on any atom is 0.309 e. The predicted octanol–water partition coefficient (Wildman–Crippen LogP) is 7.09. The average molecular weight is 445 g/mol. The van der Waals surface area contributed by atoms with Gasteiger partial charge in [0.2, 0.25) is 0 Å². The van der Waals surface area contributed by atoms with Crippen LogP contribution in [0.5, 0.6) is 0 Å². The first-order valence-corrected chi connectivity index (χ1v) is 13.5. The molecule has 9 atom stereocenters. The van der Waals surface area contributed by atoms with E-state index in [1.165, 1.54) is 32.1 Å². The van der Waals surface area contributed by atoms with Crippen molar-refractivity contribution in [2.75, 3.05) is 0 Å². The van der Waals surface area contributed by atoms with Crippen LogP contribution < -0.4 is 0 Å². The van der Waals surface area contributed by atoms with Gasteiger partial charge in [-0.15, -0.1) is 6.58 Å². The fourth-order valence-electron chi connectivity index (χ4n) is 10.6. The Morgan fingerprint density at radius 1 is 0.844 bits per heavy atom. The molecule has 0 saturated heterocycles. The zero-order chi connectivity index (χ0) is 23.5. The molecule has 0 aliphatic heterocycles. The van der Waals surface area contributed by atoms with Gasteiger partial charge in [-0.25, -0.2) is 0 Å². The molecule has 182 valence electrons. The van der Waals surface area contributed by atoms with Gasteiger partial charge in [0.1, 0.15) is 0 Å². The molecule has 32 heavy (non-hydrogen) atoms. The average Bonchev–Trinajstić information content (AvgIpc) is 3.17. The number of aliphatic hydroxyl groups is 1. The van der Waals surface area contributed by atoms with Crippen LogP contribution in [0.3, 0.4) is 0 Å². The van der Waals surface area contributed by atoms with E-state index in [1.54, 1.807) is 6.08 Å². The summed E-state index contributed by atoms with van der Waals surface area (Å²) in [5.74, 6) is 2.62. The molecule has 5 rings (SSSR count). The highest BCUT2D eigenvalue weighted by Gasteiger charge is 2.67. The number of carboxylic acid groups (broad SMARTS) is 1. The number of hydrogen-bond donors (Lipinski definition) is 2. The number of carbonyl (C=O) groups is 1. The van der Waals surface area contributed by atoms with Gasteiger partial charge in [0, 0.05) is 0 Å². The van der Waals surface area contributed by atoms with Gasteiger partial charge in [-0.2, -0.15) is 0 Å². The molecule has 0 heterocycles. The summed E-state index contributed by atoms with van der Waals surface area (Å²) in [6.07, 6.45) is 14.0. The lowest BCUT2D eigenvalue weighted by atomic mass is 9.36. The Bertz CT molecular complexity index is 743. The first kappa shape index (κ1) is 24.3. The van der Waals surface area contributed by atoms with Crippen LogP contribution in [0.25, 0.3) is 0 Å². The second-order valence-electron chi connectivity index (χ2n) is 13.3. The van der Waals surface area contributed by atoms with Gasteiger partial charge in [-0.05, 0) is 117 Å². The standard InChI is InChI=1S/C26H42O3.C3H6/c1-23(2)19-10-13-24(3)17-9-15-26(22(28)29)12-5-6-18(26)16(17)7-8-20(24)25(19,4)14-11-21(23)27;1-3-2/h16-21,27H,5-15H2,1-4H3,(H,28,29);3H,1H2,2H3. The van der Waals surface area contributed by atoms with Crippen molar-refractivity contribution in [1.29, 1.82) is 0 Å². The molecule has 3 heteroatoms. The lowest BCUT2D eigenvalue weighted by Gasteiger charge is -2.69. The van der Waals surface area contributed by atoms with Crippen LogP contribution in [0.1, 0.15) is 105 Å². The SMILES string of the molecule is C=CC.CC1(C)C(O)CCC2(C)C1CCC1(C)C3CCC4(C(=O)O)CCCC4C3CCC12. The smallest absolute Gasteiger partial charge is 0.309 e. The molecule has 5 saturated carbocycles. The molecule has 5 aliphatic carbocycles. The predicted molar refractivity (Wildman–Crippen MR) is 130 cm³/mol.